The average molecular weight is 437 g/mol. The van der Waals surface area contributed by atoms with Gasteiger partial charge in [0.25, 0.3) is 5.91 Å². The monoisotopic (exact) mass is 436 g/mol. The first-order valence-electron chi connectivity index (χ1n) is 10.7. The van der Waals surface area contributed by atoms with Crippen molar-refractivity contribution in [1.82, 2.24) is 20.4 Å². The number of nitrogens with zero attached hydrogens (tertiary/aromatic N) is 2. The third kappa shape index (κ3) is 4.24. The molecule has 1 atom stereocenters. The second-order valence-electron chi connectivity index (χ2n) is 8.32. The average Bonchev–Trinajstić information content (AvgIpc) is 3.51. The van der Waals surface area contributed by atoms with E-state index in [1.54, 1.807) is 12.1 Å². The molecular formula is C24H25ClN4O2. The highest BCUT2D eigenvalue weighted by Gasteiger charge is 2.32. The standard InChI is InChI=1S/C24H25ClN4O2/c25-20-9-8-17(21-11-22(15-6-7-15)29(28-21)18-12-26-13-18)10-19(20)24(31)27-14-23(30)16-4-2-1-3-5-16/h1-5,8-11,15,18,23,26,30H,6-7,12-14H2,(H,27,31). The zero-order chi connectivity index (χ0) is 21.4. The summed E-state index contributed by atoms with van der Waals surface area (Å²) in [4.78, 5) is 12.8. The third-order valence-electron chi connectivity index (χ3n) is 6.01. The maximum absolute atomic E-state index is 12.8. The van der Waals surface area contributed by atoms with E-state index in [0.29, 0.717) is 22.5 Å². The summed E-state index contributed by atoms with van der Waals surface area (Å²) in [6.07, 6.45) is 1.65. The van der Waals surface area contributed by atoms with Crippen LogP contribution in [0, 0.1) is 0 Å². The predicted molar refractivity (Wildman–Crippen MR) is 120 cm³/mol. The number of hydrogen-bond donors (Lipinski definition) is 3. The number of halogens is 1. The fraction of sp³-hybridized carbons (Fsp3) is 0.333. The summed E-state index contributed by atoms with van der Waals surface area (Å²) in [6.45, 7) is 2.00. The number of carbonyl (C=O) groups is 1. The van der Waals surface area contributed by atoms with Gasteiger partial charge in [-0.05, 0) is 36.6 Å². The Bertz CT molecular complexity index is 1090. The van der Waals surface area contributed by atoms with Gasteiger partial charge in [-0.15, -0.1) is 0 Å². The van der Waals surface area contributed by atoms with Crippen LogP contribution < -0.4 is 10.6 Å². The molecule has 2 heterocycles. The van der Waals surface area contributed by atoms with E-state index in [0.717, 1.165) is 29.9 Å². The second kappa shape index (κ2) is 8.46. The Morgan fingerprint density at radius 3 is 2.65 bits per heavy atom. The van der Waals surface area contributed by atoms with Crippen molar-refractivity contribution in [3.8, 4) is 11.3 Å². The van der Waals surface area contributed by atoms with E-state index in [2.05, 4.69) is 21.4 Å². The number of aromatic nitrogens is 2. The van der Waals surface area contributed by atoms with Gasteiger partial charge >= 0.3 is 0 Å². The third-order valence-corrected chi connectivity index (χ3v) is 6.34. The maximum atomic E-state index is 12.8. The summed E-state index contributed by atoms with van der Waals surface area (Å²) >= 11 is 6.33. The summed E-state index contributed by atoms with van der Waals surface area (Å²) in [5.74, 6) is 0.281. The van der Waals surface area contributed by atoms with E-state index in [1.165, 1.54) is 18.5 Å². The molecule has 1 aliphatic heterocycles. The van der Waals surface area contributed by atoms with Gasteiger partial charge in [0.05, 0.1) is 28.4 Å². The first-order valence-corrected chi connectivity index (χ1v) is 11.1. The maximum Gasteiger partial charge on any atom is 0.252 e. The van der Waals surface area contributed by atoms with Crippen molar-refractivity contribution in [2.75, 3.05) is 19.6 Å². The molecule has 0 spiro atoms. The van der Waals surface area contributed by atoms with Crippen LogP contribution >= 0.6 is 11.6 Å². The normalized spacial score (nSPS) is 17.2. The molecule has 1 aromatic heterocycles. The molecule has 1 aliphatic carbocycles. The van der Waals surface area contributed by atoms with Gasteiger partial charge in [0.1, 0.15) is 0 Å². The van der Waals surface area contributed by atoms with Gasteiger partial charge in [-0.2, -0.15) is 5.10 Å². The number of hydrogen-bond acceptors (Lipinski definition) is 4. The second-order valence-corrected chi connectivity index (χ2v) is 8.72. The zero-order valence-corrected chi connectivity index (χ0v) is 17.8. The molecule has 1 unspecified atom stereocenters. The molecule has 160 valence electrons. The highest BCUT2D eigenvalue weighted by atomic mass is 35.5. The molecule has 1 saturated carbocycles. The van der Waals surface area contributed by atoms with E-state index in [-0.39, 0.29) is 12.5 Å². The van der Waals surface area contributed by atoms with Crippen LogP contribution in [0.3, 0.4) is 0 Å². The summed E-state index contributed by atoms with van der Waals surface area (Å²) in [5, 5.41) is 21.7. The number of aliphatic hydroxyl groups excluding tert-OH is 1. The lowest BCUT2D eigenvalue weighted by atomic mass is 10.1. The number of nitrogens with one attached hydrogen (secondary N) is 2. The molecule has 31 heavy (non-hydrogen) atoms. The van der Waals surface area contributed by atoms with Gasteiger partial charge in [0, 0.05) is 36.8 Å². The van der Waals surface area contributed by atoms with Gasteiger partial charge < -0.3 is 15.7 Å². The Morgan fingerprint density at radius 2 is 1.97 bits per heavy atom. The lowest BCUT2D eigenvalue weighted by Crippen LogP contribution is -2.44. The minimum atomic E-state index is -0.778. The van der Waals surface area contributed by atoms with Crippen LogP contribution in [-0.2, 0) is 0 Å². The molecule has 3 N–H and O–H groups in total. The van der Waals surface area contributed by atoms with E-state index in [9.17, 15) is 9.90 Å². The predicted octanol–water partition coefficient (Wildman–Crippen LogP) is 3.69. The van der Waals surface area contributed by atoms with Gasteiger partial charge in [-0.1, -0.05) is 48.0 Å². The Balaban J connectivity index is 1.35. The largest absolute Gasteiger partial charge is 0.387 e. The van der Waals surface area contributed by atoms with Crippen LogP contribution in [0.25, 0.3) is 11.3 Å². The smallest absolute Gasteiger partial charge is 0.252 e. The van der Waals surface area contributed by atoms with Crippen LogP contribution in [0.5, 0.6) is 0 Å². The van der Waals surface area contributed by atoms with Crippen molar-refractivity contribution in [1.29, 1.82) is 0 Å². The van der Waals surface area contributed by atoms with Crippen molar-refractivity contribution >= 4 is 17.5 Å². The fourth-order valence-electron chi connectivity index (χ4n) is 3.91. The van der Waals surface area contributed by atoms with E-state index in [4.69, 9.17) is 16.7 Å². The van der Waals surface area contributed by atoms with Gasteiger partial charge in [-0.3, -0.25) is 9.48 Å². The minimum Gasteiger partial charge on any atom is -0.387 e. The summed E-state index contributed by atoms with van der Waals surface area (Å²) in [6, 6.07) is 17.2. The van der Waals surface area contributed by atoms with Crippen LogP contribution in [0.2, 0.25) is 5.02 Å². The van der Waals surface area contributed by atoms with Crippen LogP contribution in [0.15, 0.2) is 54.6 Å². The van der Waals surface area contributed by atoms with Crippen LogP contribution in [0.1, 0.15) is 52.5 Å². The van der Waals surface area contributed by atoms with E-state index >= 15 is 0 Å². The molecule has 0 bridgehead atoms. The molecule has 3 aromatic rings. The van der Waals surface area contributed by atoms with Crippen molar-refractivity contribution in [2.24, 2.45) is 0 Å². The first-order chi connectivity index (χ1) is 15.1. The van der Waals surface area contributed by atoms with E-state index in [1.807, 2.05) is 36.4 Å². The Morgan fingerprint density at radius 1 is 1.19 bits per heavy atom. The quantitative estimate of drug-likeness (QED) is 0.527. The number of aliphatic hydroxyl groups is 1. The molecule has 0 radical (unpaired) electrons. The van der Waals surface area contributed by atoms with Crippen molar-refractivity contribution in [3.05, 3.63) is 76.4 Å². The van der Waals surface area contributed by atoms with Gasteiger partial charge in [0.15, 0.2) is 0 Å². The van der Waals surface area contributed by atoms with Crippen LogP contribution in [-0.4, -0.2) is 40.4 Å². The van der Waals surface area contributed by atoms with Crippen molar-refractivity contribution < 1.29 is 9.90 Å². The fourth-order valence-corrected chi connectivity index (χ4v) is 4.11. The number of benzene rings is 2. The molecule has 6 nitrogen and oxygen atoms in total. The Kier molecular flexibility index (Phi) is 5.52. The molecule has 2 aromatic carbocycles. The number of rotatable bonds is 7. The van der Waals surface area contributed by atoms with Crippen LogP contribution in [0.4, 0.5) is 0 Å². The summed E-state index contributed by atoms with van der Waals surface area (Å²) in [7, 11) is 0. The highest BCUT2D eigenvalue weighted by Crippen LogP contribution is 2.42. The highest BCUT2D eigenvalue weighted by molar-refractivity contribution is 6.34. The van der Waals surface area contributed by atoms with Crippen molar-refractivity contribution in [3.63, 3.8) is 0 Å². The molecule has 2 fully saturated rings. The van der Waals surface area contributed by atoms with E-state index < -0.39 is 6.10 Å². The van der Waals surface area contributed by atoms with Crippen molar-refractivity contribution in [2.45, 2.75) is 30.9 Å². The number of carbonyl (C=O) groups excluding carboxylic acids is 1. The molecule has 5 rings (SSSR count). The topological polar surface area (TPSA) is 79.2 Å². The molecule has 1 amide bonds. The molecular weight excluding hydrogens is 412 g/mol. The first kappa shape index (κ1) is 20.2. The summed E-state index contributed by atoms with van der Waals surface area (Å²) < 4.78 is 2.16. The Labute approximate surface area is 186 Å². The van der Waals surface area contributed by atoms with Gasteiger partial charge in [-0.25, -0.2) is 0 Å². The SMILES string of the molecule is O=C(NCC(O)c1ccccc1)c1cc(-c2cc(C3CC3)n(C3CNC3)n2)ccc1Cl. The van der Waals surface area contributed by atoms with Gasteiger partial charge in [0.2, 0.25) is 0 Å². The molecule has 1 saturated heterocycles. The minimum absolute atomic E-state index is 0.110. The zero-order valence-electron chi connectivity index (χ0n) is 17.1. The molecule has 2 aliphatic rings. The molecule has 7 heteroatoms. The lowest BCUT2D eigenvalue weighted by Gasteiger charge is -2.29. The summed E-state index contributed by atoms with van der Waals surface area (Å²) in [5.41, 5.74) is 4.15. The number of amides is 1. The lowest BCUT2D eigenvalue weighted by molar-refractivity contribution is 0.0916. The Hall–Kier alpha value is -2.67.